The lowest BCUT2D eigenvalue weighted by molar-refractivity contribution is 0.0768. The van der Waals surface area contributed by atoms with Crippen molar-refractivity contribution < 1.29 is 4.79 Å². The molecule has 1 aliphatic heterocycles. The first-order valence-corrected chi connectivity index (χ1v) is 8.53. The van der Waals surface area contributed by atoms with Crippen molar-refractivity contribution in [3.63, 3.8) is 0 Å². The van der Waals surface area contributed by atoms with Gasteiger partial charge in [-0.3, -0.25) is 4.79 Å². The van der Waals surface area contributed by atoms with Crippen LogP contribution in [0.5, 0.6) is 0 Å². The highest BCUT2D eigenvalue weighted by Crippen LogP contribution is 2.26. The number of rotatable bonds is 3. The number of aromatic nitrogens is 1. The van der Waals surface area contributed by atoms with Crippen molar-refractivity contribution in [2.75, 3.05) is 18.8 Å². The third-order valence-corrected chi connectivity index (χ3v) is 5.44. The Morgan fingerprint density at radius 3 is 3.17 bits per heavy atom. The third-order valence-electron chi connectivity index (χ3n) is 3.04. The van der Waals surface area contributed by atoms with E-state index in [2.05, 4.69) is 11.9 Å². The van der Waals surface area contributed by atoms with E-state index in [0.717, 1.165) is 25.3 Å². The van der Waals surface area contributed by atoms with Gasteiger partial charge in [0.05, 0.1) is 5.51 Å². The van der Waals surface area contributed by atoms with Crippen molar-refractivity contribution >= 4 is 40.6 Å². The molecule has 0 N–H and O–H groups in total. The Labute approximate surface area is 121 Å². The molecular weight excluding hydrogens is 288 g/mol. The second kappa shape index (κ2) is 6.78. The fraction of sp³-hybridized carbons (Fsp3) is 0.667. The first-order valence-electron chi connectivity index (χ1n) is 6.22. The third kappa shape index (κ3) is 3.39. The molecule has 1 aliphatic rings. The van der Waals surface area contributed by atoms with Gasteiger partial charge in [0.2, 0.25) is 0 Å². The van der Waals surface area contributed by atoms with Gasteiger partial charge in [-0.1, -0.05) is 24.9 Å². The van der Waals surface area contributed by atoms with E-state index in [4.69, 9.17) is 11.6 Å². The van der Waals surface area contributed by atoms with Crippen LogP contribution >= 0.6 is 34.7 Å². The average Bonchev–Trinajstić information content (AvgIpc) is 2.64. The van der Waals surface area contributed by atoms with Gasteiger partial charge in [0.15, 0.2) is 5.15 Å². The molecule has 0 saturated carbocycles. The van der Waals surface area contributed by atoms with Crippen LogP contribution in [0.25, 0.3) is 0 Å². The zero-order chi connectivity index (χ0) is 13.0. The quantitative estimate of drug-likeness (QED) is 0.856. The van der Waals surface area contributed by atoms with Crippen LogP contribution < -0.4 is 0 Å². The van der Waals surface area contributed by atoms with Crippen LogP contribution in [0, 0.1) is 0 Å². The van der Waals surface area contributed by atoms with Crippen LogP contribution in [0.3, 0.4) is 0 Å². The zero-order valence-corrected chi connectivity index (χ0v) is 12.8. The molecule has 2 heterocycles. The molecular formula is C12H17ClN2OS2. The Morgan fingerprint density at radius 2 is 2.50 bits per heavy atom. The van der Waals surface area contributed by atoms with Crippen molar-refractivity contribution in [3.05, 3.63) is 15.5 Å². The average molecular weight is 305 g/mol. The van der Waals surface area contributed by atoms with Crippen LogP contribution in [0.1, 0.15) is 35.9 Å². The number of nitrogens with zero attached hydrogens (tertiary/aromatic N) is 2. The van der Waals surface area contributed by atoms with Crippen molar-refractivity contribution in [1.82, 2.24) is 9.88 Å². The molecule has 100 valence electrons. The van der Waals surface area contributed by atoms with Crippen LogP contribution in [0.4, 0.5) is 0 Å². The molecule has 1 aromatic heterocycles. The molecule has 1 atom stereocenters. The minimum Gasteiger partial charge on any atom is -0.337 e. The summed E-state index contributed by atoms with van der Waals surface area (Å²) < 4.78 is 0. The summed E-state index contributed by atoms with van der Waals surface area (Å²) in [5.41, 5.74) is 1.63. The van der Waals surface area contributed by atoms with E-state index in [0.29, 0.717) is 15.3 Å². The summed E-state index contributed by atoms with van der Waals surface area (Å²) >= 11 is 9.22. The Morgan fingerprint density at radius 1 is 1.67 bits per heavy atom. The van der Waals surface area contributed by atoms with Crippen LogP contribution in [0.2, 0.25) is 5.15 Å². The molecule has 0 bridgehead atoms. The fourth-order valence-corrected chi connectivity index (χ4v) is 4.23. The summed E-state index contributed by atoms with van der Waals surface area (Å²) in [6.07, 6.45) is 3.50. The largest absolute Gasteiger partial charge is 0.337 e. The standard InChI is InChI=1S/C12H17ClN2OS2/c1-2-17-9-5-3-4-6-15(7-9)12(16)10-11(13)14-8-18-10/h8-9H,2-7H2,1H3/t9-/m1/s1. The molecule has 3 nitrogen and oxygen atoms in total. The van der Waals surface area contributed by atoms with E-state index in [1.165, 1.54) is 24.2 Å². The Kier molecular flexibility index (Phi) is 5.33. The fourth-order valence-electron chi connectivity index (χ4n) is 2.17. The summed E-state index contributed by atoms with van der Waals surface area (Å²) in [5, 5.41) is 0.905. The molecule has 0 spiro atoms. The van der Waals surface area contributed by atoms with E-state index < -0.39 is 0 Å². The number of carbonyl (C=O) groups is 1. The van der Waals surface area contributed by atoms with Crippen LogP contribution in [-0.2, 0) is 0 Å². The first-order chi connectivity index (χ1) is 8.72. The molecule has 1 amide bonds. The maximum atomic E-state index is 12.4. The second-order valence-corrected chi connectivity index (χ2v) is 7.09. The Balaban J connectivity index is 2.06. The highest BCUT2D eigenvalue weighted by molar-refractivity contribution is 7.99. The maximum Gasteiger partial charge on any atom is 0.267 e. The summed E-state index contributed by atoms with van der Waals surface area (Å²) in [7, 11) is 0. The molecule has 0 unspecified atom stereocenters. The summed E-state index contributed by atoms with van der Waals surface area (Å²) in [6.45, 7) is 3.85. The predicted octanol–water partition coefficient (Wildman–Crippen LogP) is 3.54. The van der Waals surface area contributed by atoms with Gasteiger partial charge in [-0.25, -0.2) is 4.98 Å². The summed E-state index contributed by atoms with van der Waals surface area (Å²) in [5.74, 6) is 1.15. The predicted molar refractivity (Wildman–Crippen MR) is 78.8 cm³/mol. The maximum absolute atomic E-state index is 12.4. The zero-order valence-electron chi connectivity index (χ0n) is 10.4. The van der Waals surface area contributed by atoms with Crippen molar-refractivity contribution in [1.29, 1.82) is 0 Å². The number of thiazole rings is 1. The van der Waals surface area contributed by atoms with E-state index in [9.17, 15) is 4.79 Å². The molecule has 1 saturated heterocycles. The topological polar surface area (TPSA) is 33.2 Å². The normalized spacial score (nSPS) is 20.8. The lowest BCUT2D eigenvalue weighted by Gasteiger charge is -2.23. The molecule has 0 radical (unpaired) electrons. The van der Waals surface area contributed by atoms with Gasteiger partial charge >= 0.3 is 0 Å². The monoisotopic (exact) mass is 304 g/mol. The molecule has 1 fully saturated rings. The number of amides is 1. The minimum atomic E-state index is 0.0473. The van der Waals surface area contributed by atoms with Gasteiger partial charge in [-0.2, -0.15) is 11.8 Å². The van der Waals surface area contributed by atoms with E-state index in [1.807, 2.05) is 16.7 Å². The lowest BCUT2D eigenvalue weighted by atomic mass is 10.2. The number of likely N-dealkylation sites (tertiary alicyclic amines) is 1. The first kappa shape index (κ1) is 14.2. The highest BCUT2D eigenvalue weighted by atomic mass is 35.5. The van der Waals surface area contributed by atoms with E-state index in [1.54, 1.807) is 5.51 Å². The van der Waals surface area contributed by atoms with Crippen molar-refractivity contribution in [2.24, 2.45) is 0 Å². The van der Waals surface area contributed by atoms with E-state index >= 15 is 0 Å². The van der Waals surface area contributed by atoms with Gasteiger partial charge in [-0.15, -0.1) is 11.3 Å². The number of hydrogen-bond acceptors (Lipinski definition) is 4. The molecule has 6 heteroatoms. The summed E-state index contributed by atoms with van der Waals surface area (Å²) in [6, 6.07) is 0. The SMILES string of the molecule is CCS[C@@H]1CCCCN(C(=O)c2scnc2Cl)C1. The Hall–Kier alpha value is -0.260. The highest BCUT2D eigenvalue weighted by Gasteiger charge is 2.25. The molecule has 0 aliphatic carbocycles. The number of hydrogen-bond donors (Lipinski definition) is 0. The van der Waals surface area contributed by atoms with Gasteiger partial charge in [0.1, 0.15) is 4.88 Å². The molecule has 18 heavy (non-hydrogen) atoms. The number of halogens is 1. The van der Waals surface area contributed by atoms with Crippen LogP contribution in [-0.4, -0.2) is 39.9 Å². The van der Waals surface area contributed by atoms with Gasteiger partial charge in [0.25, 0.3) is 5.91 Å². The summed E-state index contributed by atoms with van der Waals surface area (Å²) in [4.78, 5) is 18.9. The second-order valence-electron chi connectivity index (χ2n) is 4.30. The molecule has 1 aromatic rings. The van der Waals surface area contributed by atoms with Crippen molar-refractivity contribution in [3.8, 4) is 0 Å². The van der Waals surface area contributed by atoms with Gasteiger partial charge in [-0.05, 0) is 18.6 Å². The smallest absolute Gasteiger partial charge is 0.267 e. The molecule has 0 aromatic carbocycles. The van der Waals surface area contributed by atoms with Crippen LogP contribution in [0.15, 0.2) is 5.51 Å². The van der Waals surface area contributed by atoms with Crippen molar-refractivity contribution in [2.45, 2.75) is 31.4 Å². The van der Waals surface area contributed by atoms with E-state index in [-0.39, 0.29) is 5.91 Å². The minimum absolute atomic E-state index is 0.0473. The lowest BCUT2D eigenvalue weighted by Crippen LogP contribution is -2.35. The number of carbonyl (C=O) groups excluding carboxylic acids is 1. The number of thioether (sulfide) groups is 1. The molecule has 2 rings (SSSR count). The van der Waals surface area contributed by atoms with Gasteiger partial charge < -0.3 is 4.90 Å². The Bertz CT molecular complexity index is 411. The van der Waals surface area contributed by atoms with Gasteiger partial charge in [0, 0.05) is 18.3 Å².